The third-order valence-corrected chi connectivity index (χ3v) is 5.25. The second kappa shape index (κ2) is 6.73. The van der Waals surface area contributed by atoms with Gasteiger partial charge >= 0.3 is 6.18 Å². The molecule has 1 fully saturated rings. The van der Waals surface area contributed by atoms with Crippen molar-refractivity contribution in [2.24, 2.45) is 0 Å². The molecule has 2 aromatic rings. The van der Waals surface area contributed by atoms with Crippen molar-refractivity contribution in [3.05, 3.63) is 47.3 Å². The summed E-state index contributed by atoms with van der Waals surface area (Å²) < 4.78 is 37.5. The van der Waals surface area contributed by atoms with E-state index in [0.29, 0.717) is 31.7 Å². The van der Waals surface area contributed by atoms with Gasteiger partial charge in [0.05, 0.1) is 12.2 Å². The van der Waals surface area contributed by atoms with Gasteiger partial charge in [0.15, 0.2) is 0 Å². The molecule has 2 N–H and O–H groups in total. The van der Waals surface area contributed by atoms with Crippen molar-refractivity contribution in [2.75, 3.05) is 29.9 Å². The van der Waals surface area contributed by atoms with Gasteiger partial charge in [-0.3, -0.25) is 4.79 Å². The molecule has 1 saturated heterocycles. The first kappa shape index (κ1) is 18.7. The Morgan fingerprint density at radius 2 is 2.04 bits per heavy atom. The molecule has 2 aliphatic rings. The number of aryl methyl sites for hydroxylation is 1. The fraction of sp³-hybridized carbons (Fsp3) is 0.421. The van der Waals surface area contributed by atoms with Gasteiger partial charge in [0.2, 0.25) is 11.9 Å². The summed E-state index contributed by atoms with van der Waals surface area (Å²) in [5.41, 5.74) is 2.25. The lowest BCUT2D eigenvalue weighted by atomic mass is 9.77. The molecule has 148 valence electrons. The van der Waals surface area contributed by atoms with Crippen LogP contribution >= 0.6 is 0 Å². The Hall–Kier alpha value is -2.68. The third-order valence-electron chi connectivity index (χ3n) is 5.25. The van der Waals surface area contributed by atoms with Crippen LogP contribution in [-0.2, 0) is 16.8 Å². The van der Waals surface area contributed by atoms with E-state index in [1.807, 2.05) is 31.2 Å². The normalized spacial score (nSPS) is 21.9. The number of halogens is 3. The number of aromatic nitrogens is 2. The molecule has 0 aliphatic carbocycles. The largest absolute Gasteiger partial charge is 0.405 e. The number of anilines is 2. The van der Waals surface area contributed by atoms with Crippen molar-refractivity contribution >= 4 is 17.5 Å². The number of amides is 1. The number of benzene rings is 1. The number of rotatable bonds is 3. The lowest BCUT2D eigenvalue weighted by Gasteiger charge is -2.39. The van der Waals surface area contributed by atoms with Crippen molar-refractivity contribution in [2.45, 2.75) is 31.5 Å². The molecular weight excluding hydrogens is 371 g/mol. The molecule has 4 rings (SSSR count). The Labute approximate surface area is 160 Å². The van der Waals surface area contributed by atoms with E-state index in [0.717, 1.165) is 16.8 Å². The van der Waals surface area contributed by atoms with Crippen molar-refractivity contribution in [3.8, 4) is 0 Å². The van der Waals surface area contributed by atoms with Crippen LogP contribution in [0.5, 0.6) is 0 Å². The number of fused-ring (bicyclic) bond motifs is 2. The van der Waals surface area contributed by atoms with E-state index in [9.17, 15) is 18.0 Å². The van der Waals surface area contributed by atoms with Crippen molar-refractivity contribution < 1.29 is 18.0 Å². The Morgan fingerprint density at radius 3 is 2.68 bits per heavy atom. The minimum atomic E-state index is -4.37. The summed E-state index contributed by atoms with van der Waals surface area (Å²) in [6, 6.07) is 7.68. The van der Waals surface area contributed by atoms with E-state index >= 15 is 0 Å². The lowest BCUT2D eigenvalue weighted by molar-refractivity contribution is -0.124. The molecular formula is C19H20F3N5O. The molecule has 2 aliphatic heterocycles. The summed E-state index contributed by atoms with van der Waals surface area (Å²) in [6.07, 6.45) is -2.31. The summed E-state index contributed by atoms with van der Waals surface area (Å²) in [5.74, 6) is -0.201. The van der Waals surface area contributed by atoms with E-state index in [2.05, 4.69) is 20.6 Å². The number of hydrogen-bond donors (Lipinski definition) is 2. The molecule has 28 heavy (non-hydrogen) atoms. The number of nitrogens with zero attached hydrogens (tertiary/aromatic N) is 3. The van der Waals surface area contributed by atoms with Gasteiger partial charge in [0, 0.05) is 24.0 Å². The van der Waals surface area contributed by atoms with E-state index in [-0.39, 0.29) is 11.9 Å². The Bertz CT molecular complexity index is 891. The summed E-state index contributed by atoms with van der Waals surface area (Å²) in [7, 11) is 0. The second-order valence-corrected chi connectivity index (χ2v) is 7.27. The van der Waals surface area contributed by atoms with Gasteiger partial charge in [-0.25, -0.2) is 9.97 Å². The van der Waals surface area contributed by atoms with Crippen LogP contribution in [0.2, 0.25) is 0 Å². The van der Waals surface area contributed by atoms with Crippen molar-refractivity contribution in [1.82, 2.24) is 15.3 Å². The van der Waals surface area contributed by atoms with Crippen LogP contribution in [0.3, 0.4) is 0 Å². The Kier molecular flexibility index (Phi) is 4.49. The predicted octanol–water partition coefficient (Wildman–Crippen LogP) is 2.54. The summed E-state index contributed by atoms with van der Waals surface area (Å²) >= 11 is 0. The van der Waals surface area contributed by atoms with Gasteiger partial charge < -0.3 is 15.5 Å². The molecule has 9 heteroatoms. The first-order chi connectivity index (χ1) is 13.3. The van der Waals surface area contributed by atoms with E-state index in [1.165, 1.54) is 6.20 Å². The molecule has 1 aromatic carbocycles. The van der Waals surface area contributed by atoms with E-state index in [1.54, 1.807) is 4.90 Å². The third kappa shape index (κ3) is 3.30. The summed E-state index contributed by atoms with van der Waals surface area (Å²) in [6.45, 7) is 2.08. The van der Waals surface area contributed by atoms with Crippen LogP contribution in [0.15, 0.2) is 30.5 Å². The molecule has 6 nitrogen and oxygen atoms in total. The Morgan fingerprint density at radius 1 is 1.29 bits per heavy atom. The first-order valence-corrected chi connectivity index (χ1v) is 9.05. The maximum Gasteiger partial charge on any atom is 0.405 e. The smallest absolute Gasteiger partial charge is 0.345 e. The zero-order valence-electron chi connectivity index (χ0n) is 15.3. The monoisotopic (exact) mass is 391 g/mol. The van der Waals surface area contributed by atoms with Gasteiger partial charge in [0.25, 0.3) is 0 Å². The second-order valence-electron chi connectivity index (χ2n) is 7.27. The predicted molar refractivity (Wildman–Crippen MR) is 98.1 cm³/mol. The van der Waals surface area contributed by atoms with Crippen LogP contribution < -0.4 is 15.5 Å². The van der Waals surface area contributed by atoms with Gasteiger partial charge in [-0.2, -0.15) is 13.2 Å². The lowest BCUT2D eigenvalue weighted by Crippen LogP contribution is -2.53. The first-order valence-electron chi connectivity index (χ1n) is 9.05. The van der Waals surface area contributed by atoms with Gasteiger partial charge in [-0.15, -0.1) is 0 Å². The highest BCUT2D eigenvalue weighted by Gasteiger charge is 2.51. The van der Waals surface area contributed by atoms with Crippen LogP contribution in [-0.4, -0.2) is 41.7 Å². The molecule has 0 radical (unpaired) electrons. The highest BCUT2D eigenvalue weighted by molar-refractivity contribution is 6.03. The highest BCUT2D eigenvalue weighted by atomic mass is 19.4. The van der Waals surface area contributed by atoms with Crippen LogP contribution in [0.1, 0.15) is 23.2 Å². The summed E-state index contributed by atoms with van der Waals surface area (Å²) in [4.78, 5) is 23.5. The Balaban J connectivity index is 1.72. The van der Waals surface area contributed by atoms with E-state index in [4.69, 9.17) is 0 Å². The molecule has 0 bridgehead atoms. The van der Waals surface area contributed by atoms with Crippen molar-refractivity contribution in [1.29, 1.82) is 0 Å². The fourth-order valence-corrected chi connectivity index (χ4v) is 3.81. The maximum atomic E-state index is 13.5. The van der Waals surface area contributed by atoms with Crippen LogP contribution in [0.4, 0.5) is 24.8 Å². The van der Waals surface area contributed by atoms with Crippen molar-refractivity contribution in [3.63, 3.8) is 0 Å². The average molecular weight is 391 g/mol. The molecule has 0 saturated carbocycles. The van der Waals surface area contributed by atoms with Crippen LogP contribution in [0.25, 0.3) is 0 Å². The fourth-order valence-electron chi connectivity index (χ4n) is 3.81. The molecule has 1 spiro atoms. The van der Waals surface area contributed by atoms with Gasteiger partial charge in [-0.1, -0.05) is 17.7 Å². The minimum Gasteiger partial charge on any atom is -0.345 e. The zero-order chi connectivity index (χ0) is 19.9. The molecule has 1 unspecified atom stereocenters. The molecule has 1 amide bonds. The molecule has 3 heterocycles. The minimum absolute atomic E-state index is 0.0886. The number of alkyl halides is 3. The zero-order valence-corrected chi connectivity index (χ0v) is 15.3. The summed E-state index contributed by atoms with van der Waals surface area (Å²) in [5, 5.41) is 5.42. The highest BCUT2D eigenvalue weighted by Crippen LogP contribution is 2.40. The SMILES string of the molecule is Cc1ccc(N2Cc3cnc(NCC(F)(F)F)nc3C3(CCNC3)C2=O)cc1. The van der Waals surface area contributed by atoms with Crippen LogP contribution in [0, 0.1) is 6.92 Å². The number of carbonyl (C=O) groups is 1. The van der Waals surface area contributed by atoms with Gasteiger partial charge in [0.1, 0.15) is 12.0 Å². The number of nitrogens with one attached hydrogen (secondary N) is 2. The average Bonchev–Trinajstić information content (AvgIpc) is 3.14. The van der Waals surface area contributed by atoms with Gasteiger partial charge in [-0.05, 0) is 32.0 Å². The molecule has 1 atom stereocenters. The number of hydrogen-bond acceptors (Lipinski definition) is 5. The molecule has 1 aromatic heterocycles. The van der Waals surface area contributed by atoms with E-state index < -0.39 is 18.1 Å². The quantitative estimate of drug-likeness (QED) is 0.842. The maximum absolute atomic E-state index is 13.5. The number of carbonyl (C=O) groups excluding carboxylic acids is 1. The topological polar surface area (TPSA) is 70.2 Å². The standard InChI is InChI=1S/C19H20F3N5O/c1-12-2-4-14(5-3-12)27-9-13-8-24-17(25-11-19(20,21)22)26-15(13)18(16(27)28)6-7-23-10-18/h2-5,8,23H,6-7,9-11H2,1H3,(H,24,25,26).